The Morgan fingerprint density at radius 3 is 2.65 bits per heavy atom. The van der Waals surface area contributed by atoms with Crippen molar-refractivity contribution in [3.63, 3.8) is 0 Å². The van der Waals surface area contributed by atoms with Gasteiger partial charge < -0.3 is 9.72 Å². The van der Waals surface area contributed by atoms with Gasteiger partial charge in [-0.1, -0.05) is 0 Å². The van der Waals surface area contributed by atoms with E-state index in [4.69, 9.17) is 4.74 Å². The number of nitrogens with one attached hydrogen (secondary N) is 2. The molecule has 7 heteroatoms. The number of ether oxygens (including phenoxy) is 1. The molecule has 2 aromatic heterocycles. The summed E-state index contributed by atoms with van der Waals surface area (Å²) >= 11 is 1.48. The molecule has 0 unspecified atom stereocenters. The van der Waals surface area contributed by atoms with Crippen LogP contribution in [0.25, 0.3) is 10.9 Å². The molecule has 1 aromatic carbocycles. The van der Waals surface area contributed by atoms with E-state index in [0.717, 1.165) is 32.1 Å². The van der Waals surface area contributed by atoms with Crippen molar-refractivity contribution >= 4 is 32.3 Å². The van der Waals surface area contributed by atoms with Crippen LogP contribution in [-0.4, -0.2) is 20.5 Å². The van der Waals surface area contributed by atoms with Crippen LogP contribution in [0.2, 0.25) is 0 Å². The van der Waals surface area contributed by atoms with E-state index in [0.29, 0.717) is 4.90 Å². The van der Waals surface area contributed by atoms with Crippen molar-refractivity contribution in [3.8, 4) is 5.75 Å². The first-order valence-corrected chi connectivity index (χ1v) is 9.41. The number of hydrogen-bond donors (Lipinski definition) is 2. The van der Waals surface area contributed by atoms with E-state index < -0.39 is 10.0 Å². The molecule has 0 saturated carbocycles. The zero-order valence-corrected chi connectivity index (χ0v) is 14.8. The minimum Gasteiger partial charge on any atom is -0.497 e. The highest BCUT2D eigenvalue weighted by atomic mass is 32.2. The molecule has 0 aliphatic heterocycles. The van der Waals surface area contributed by atoms with Crippen LogP contribution in [0.15, 0.2) is 35.2 Å². The number of fused-ring (bicyclic) bond motifs is 1. The van der Waals surface area contributed by atoms with Gasteiger partial charge in [-0.2, -0.15) is 0 Å². The number of sulfonamides is 1. The molecule has 5 nitrogen and oxygen atoms in total. The molecule has 0 fully saturated rings. The molecule has 122 valence electrons. The van der Waals surface area contributed by atoms with Crippen LogP contribution in [0.4, 0.5) is 0 Å². The average molecular weight is 350 g/mol. The molecule has 0 spiro atoms. The van der Waals surface area contributed by atoms with Gasteiger partial charge in [0, 0.05) is 26.4 Å². The van der Waals surface area contributed by atoms with Crippen LogP contribution in [0.3, 0.4) is 0 Å². The van der Waals surface area contributed by atoms with E-state index in [2.05, 4.69) is 9.71 Å². The third kappa shape index (κ3) is 3.26. The van der Waals surface area contributed by atoms with Crippen molar-refractivity contribution in [3.05, 3.63) is 45.8 Å². The lowest BCUT2D eigenvalue weighted by atomic mass is 10.2. The van der Waals surface area contributed by atoms with E-state index in [9.17, 15) is 8.42 Å². The summed E-state index contributed by atoms with van der Waals surface area (Å²) in [7, 11) is -1.88. The second kappa shape index (κ2) is 5.99. The maximum atomic E-state index is 12.4. The molecule has 0 saturated heterocycles. The number of thiophene rings is 1. The van der Waals surface area contributed by atoms with E-state index in [1.54, 1.807) is 13.2 Å². The quantitative estimate of drug-likeness (QED) is 0.741. The number of aryl methyl sites for hydroxylation is 2. The molecule has 0 bridgehead atoms. The lowest BCUT2D eigenvalue weighted by Crippen LogP contribution is -2.23. The second-order valence-electron chi connectivity index (χ2n) is 5.35. The highest BCUT2D eigenvalue weighted by Crippen LogP contribution is 2.25. The van der Waals surface area contributed by atoms with Gasteiger partial charge in [-0.25, -0.2) is 13.1 Å². The Morgan fingerprint density at radius 1 is 1.22 bits per heavy atom. The summed E-state index contributed by atoms with van der Waals surface area (Å²) in [5.74, 6) is 0.771. The van der Waals surface area contributed by atoms with Crippen molar-refractivity contribution in [2.45, 2.75) is 25.3 Å². The maximum Gasteiger partial charge on any atom is 0.242 e. The van der Waals surface area contributed by atoms with Gasteiger partial charge in [-0.15, -0.1) is 11.3 Å². The molecule has 0 atom stereocenters. The minimum absolute atomic E-state index is 0.216. The lowest BCUT2D eigenvalue weighted by molar-refractivity contribution is 0.415. The summed E-state index contributed by atoms with van der Waals surface area (Å²) in [5.41, 5.74) is 1.75. The first-order valence-electron chi connectivity index (χ1n) is 7.11. The molecule has 2 N–H and O–H groups in total. The smallest absolute Gasteiger partial charge is 0.242 e. The largest absolute Gasteiger partial charge is 0.497 e. The van der Waals surface area contributed by atoms with E-state index in [-0.39, 0.29) is 6.54 Å². The molecule has 0 aliphatic rings. The van der Waals surface area contributed by atoms with Crippen LogP contribution >= 0.6 is 11.3 Å². The summed E-state index contributed by atoms with van der Waals surface area (Å²) in [4.78, 5) is 5.36. The number of hydrogen-bond acceptors (Lipinski definition) is 4. The van der Waals surface area contributed by atoms with Gasteiger partial charge >= 0.3 is 0 Å². The third-order valence-corrected chi connectivity index (χ3v) is 6.24. The Morgan fingerprint density at radius 2 is 2.00 bits per heavy atom. The van der Waals surface area contributed by atoms with E-state index >= 15 is 0 Å². The molecule has 3 rings (SSSR count). The predicted molar refractivity (Wildman–Crippen MR) is 92.7 cm³/mol. The van der Waals surface area contributed by atoms with Crippen LogP contribution in [-0.2, 0) is 16.6 Å². The van der Waals surface area contributed by atoms with E-state index in [1.165, 1.54) is 11.3 Å². The Bertz CT molecular complexity index is 955. The second-order valence-corrected chi connectivity index (χ2v) is 8.55. The Kier molecular flexibility index (Phi) is 4.18. The van der Waals surface area contributed by atoms with Gasteiger partial charge in [0.1, 0.15) is 5.75 Å². The highest BCUT2D eigenvalue weighted by Gasteiger charge is 2.19. The fourth-order valence-corrected chi connectivity index (χ4v) is 5.08. The van der Waals surface area contributed by atoms with Crippen molar-refractivity contribution < 1.29 is 13.2 Å². The van der Waals surface area contributed by atoms with Gasteiger partial charge in [-0.05, 0) is 44.2 Å². The van der Waals surface area contributed by atoms with Gasteiger partial charge in [0.2, 0.25) is 10.0 Å². The van der Waals surface area contributed by atoms with Crippen LogP contribution < -0.4 is 9.46 Å². The highest BCUT2D eigenvalue weighted by molar-refractivity contribution is 7.89. The molecule has 0 aliphatic carbocycles. The fraction of sp³-hybridized carbons (Fsp3) is 0.250. The minimum atomic E-state index is -3.50. The zero-order valence-electron chi connectivity index (χ0n) is 13.1. The Labute approximate surface area is 139 Å². The van der Waals surface area contributed by atoms with Gasteiger partial charge in [0.25, 0.3) is 0 Å². The Balaban J connectivity index is 1.81. The number of aromatic amines is 1. The summed E-state index contributed by atoms with van der Waals surface area (Å²) in [5, 5.41) is 0.987. The fourth-order valence-electron chi connectivity index (χ4n) is 2.52. The van der Waals surface area contributed by atoms with Crippen molar-refractivity contribution in [2.75, 3.05) is 7.11 Å². The molecular weight excluding hydrogens is 332 g/mol. The molecule has 23 heavy (non-hydrogen) atoms. The van der Waals surface area contributed by atoms with Crippen molar-refractivity contribution in [1.82, 2.24) is 9.71 Å². The SMILES string of the molecule is COc1ccc2[nH]c(CNS(=O)(=O)c3cc(C)sc3C)cc2c1. The number of benzene rings is 1. The molecule has 0 amide bonds. The van der Waals surface area contributed by atoms with Gasteiger partial charge in [0.15, 0.2) is 0 Å². The van der Waals surface area contributed by atoms with E-state index in [1.807, 2.05) is 38.1 Å². The normalized spacial score (nSPS) is 12.0. The molecular formula is C16H18N2O3S2. The van der Waals surface area contributed by atoms with Crippen LogP contribution in [0.5, 0.6) is 5.75 Å². The number of H-pyrrole nitrogens is 1. The number of aromatic nitrogens is 1. The molecule has 2 heterocycles. The summed E-state index contributed by atoms with van der Waals surface area (Å²) < 4.78 is 32.7. The predicted octanol–water partition coefficient (Wildman–Crippen LogP) is 3.33. The van der Waals surface area contributed by atoms with Crippen molar-refractivity contribution in [2.24, 2.45) is 0 Å². The molecule has 3 aromatic rings. The zero-order chi connectivity index (χ0) is 16.6. The van der Waals surface area contributed by atoms with Gasteiger partial charge in [-0.3, -0.25) is 0 Å². The lowest BCUT2D eigenvalue weighted by Gasteiger charge is -2.04. The number of rotatable bonds is 5. The summed E-state index contributed by atoms with van der Waals surface area (Å²) in [6, 6.07) is 9.32. The van der Waals surface area contributed by atoms with Crippen LogP contribution in [0, 0.1) is 13.8 Å². The Hall–Kier alpha value is -1.83. The monoisotopic (exact) mass is 350 g/mol. The topological polar surface area (TPSA) is 71.2 Å². The third-order valence-electron chi connectivity index (χ3n) is 3.62. The summed E-state index contributed by atoms with van der Waals surface area (Å²) in [6.45, 7) is 3.94. The summed E-state index contributed by atoms with van der Waals surface area (Å²) in [6.07, 6.45) is 0. The van der Waals surface area contributed by atoms with Crippen LogP contribution in [0.1, 0.15) is 15.4 Å². The number of methoxy groups -OCH3 is 1. The first-order chi connectivity index (χ1) is 10.9. The van der Waals surface area contributed by atoms with Gasteiger partial charge in [0.05, 0.1) is 18.6 Å². The average Bonchev–Trinajstić information content (AvgIpc) is 3.07. The standard InChI is InChI=1S/C16H18N2O3S2/c1-10-6-16(11(2)22-10)23(19,20)17-9-13-7-12-8-14(21-3)4-5-15(12)18-13/h4-8,17-18H,9H2,1-3H3. The van der Waals surface area contributed by atoms with Crippen molar-refractivity contribution in [1.29, 1.82) is 0 Å². The first kappa shape index (κ1) is 16.0. The maximum absolute atomic E-state index is 12.4. The molecule has 0 radical (unpaired) electrons.